The molecule has 0 aliphatic carbocycles. The first-order chi connectivity index (χ1) is 8.11. The van der Waals surface area contributed by atoms with E-state index in [4.69, 9.17) is 0 Å². The van der Waals surface area contributed by atoms with Crippen LogP contribution in [0.25, 0.3) is 0 Å². The molecule has 0 aromatic heterocycles. The predicted molar refractivity (Wildman–Crippen MR) is 61.4 cm³/mol. The van der Waals surface area contributed by atoms with Crippen LogP contribution in [0.2, 0.25) is 0 Å². The van der Waals surface area contributed by atoms with Gasteiger partial charge in [0.05, 0.1) is 5.56 Å². The number of Topliss-reactive ketones (excluding diaryl/α,β-unsaturated/α-hetero) is 1. The van der Waals surface area contributed by atoms with E-state index in [0.29, 0.717) is 0 Å². The molecular formula is C12H15NO4. The van der Waals surface area contributed by atoms with Crippen molar-refractivity contribution in [2.75, 3.05) is 13.1 Å². The molecule has 0 amide bonds. The summed E-state index contributed by atoms with van der Waals surface area (Å²) >= 11 is 0. The van der Waals surface area contributed by atoms with Crippen molar-refractivity contribution in [1.29, 1.82) is 0 Å². The first kappa shape index (κ1) is 11.7. The van der Waals surface area contributed by atoms with E-state index < -0.39 is 17.2 Å². The molecule has 0 saturated carbocycles. The monoisotopic (exact) mass is 237 g/mol. The van der Waals surface area contributed by atoms with Gasteiger partial charge in [0.2, 0.25) is 5.75 Å². The van der Waals surface area contributed by atoms with Gasteiger partial charge in [-0.05, 0) is 38.1 Å². The Morgan fingerprint density at radius 2 is 1.76 bits per heavy atom. The van der Waals surface area contributed by atoms with E-state index in [0.717, 1.165) is 25.9 Å². The van der Waals surface area contributed by atoms with Crippen molar-refractivity contribution in [3.8, 4) is 17.2 Å². The Kier molecular flexibility index (Phi) is 3.19. The number of ketones is 1. The first-order valence-corrected chi connectivity index (χ1v) is 5.60. The van der Waals surface area contributed by atoms with Crippen molar-refractivity contribution in [3.63, 3.8) is 0 Å². The number of carbonyl (C=O) groups excluding carboxylic acids is 1. The second kappa shape index (κ2) is 4.63. The molecule has 1 aromatic carbocycles. The SMILES string of the molecule is O=C(c1ccc(O)c(O)c1O)C1CCNCC1. The number of carbonyl (C=O) groups is 1. The van der Waals surface area contributed by atoms with Gasteiger partial charge in [-0.15, -0.1) is 0 Å². The Labute approximate surface area is 98.7 Å². The van der Waals surface area contributed by atoms with Crippen LogP contribution in [-0.4, -0.2) is 34.2 Å². The van der Waals surface area contributed by atoms with E-state index >= 15 is 0 Å². The number of nitrogens with one attached hydrogen (secondary N) is 1. The molecule has 1 saturated heterocycles. The van der Waals surface area contributed by atoms with E-state index in [2.05, 4.69) is 5.32 Å². The summed E-state index contributed by atoms with van der Waals surface area (Å²) in [4.78, 5) is 12.1. The lowest BCUT2D eigenvalue weighted by molar-refractivity contribution is 0.0891. The second-order valence-electron chi connectivity index (χ2n) is 4.22. The highest BCUT2D eigenvalue weighted by atomic mass is 16.3. The fraction of sp³-hybridized carbons (Fsp3) is 0.417. The van der Waals surface area contributed by atoms with Crippen LogP contribution in [0, 0.1) is 5.92 Å². The van der Waals surface area contributed by atoms with Gasteiger partial charge in [0.25, 0.3) is 0 Å². The minimum absolute atomic E-state index is 0.0761. The van der Waals surface area contributed by atoms with Gasteiger partial charge in [0.1, 0.15) is 0 Å². The van der Waals surface area contributed by atoms with Gasteiger partial charge >= 0.3 is 0 Å². The largest absolute Gasteiger partial charge is 0.504 e. The van der Waals surface area contributed by atoms with Crippen LogP contribution in [0.1, 0.15) is 23.2 Å². The van der Waals surface area contributed by atoms with Crippen LogP contribution >= 0.6 is 0 Å². The quantitative estimate of drug-likeness (QED) is 0.455. The molecule has 4 N–H and O–H groups in total. The lowest BCUT2D eigenvalue weighted by Gasteiger charge is -2.21. The third-order valence-electron chi connectivity index (χ3n) is 3.11. The predicted octanol–water partition coefficient (Wildman–Crippen LogP) is 0.986. The number of hydrogen-bond donors (Lipinski definition) is 4. The molecule has 5 nitrogen and oxygen atoms in total. The normalized spacial score (nSPS) is 16.9. The molecule has 1 heterocycles. The molecule has 0 spiro atoms. The number of aromatic hydroxyl groups is 3. The third kappa shape index (κ3) is 2.19. The maximum absolute atomic E-state index is 12.1. The zero-order valence-corrected chi connectivity index (χ0v) is 9.31. The van der Waals surface area contributed by atoms with Crippen LogP contribution in [0.5, 0.6) is 17.2 Å². The van der Waals surface area contributed by atoms with Crippen molar-refractivity contribution in [2.24, 2.45) is 5.92 Å². The maximum Gasteiger partial charge on any atom is 0.201 e. The standard InChI is InChI=1S/C12H15NO4/c14-9-2-1-8(11(16)12(9)17)10(15)7-3-5-13-6-4-7/h1-2,7,13-14,16-17H,3-6H2. The van der Waals surface area contributed by atoms with Crippen molar-refractivity contribution in [2.45, 2.75) is 12.8 Å². The molecule has 0 radical (unpaired) electrons. The van der Waals surface area contributed by atoms with Gasteiger partial charge in [-0.25, -0.2) is 0 Å². The van der Waals surface area contributed by atoms with Crippen LogP contribution in [0.3, 0.4) is 0 Å². The van der Waals surface area contributed by atoms with E-state index in [1.807, 2.05) is 0 Å². The fourth-order valence-corrected chi connectivity index (χ4v) is 2.07. The minimum Gasteiger partial charge on any atom is -0.504 e. The van der Waals surface area contributed by atoms with Crippen molar-refractivity contribution in [1.82, 2.24) is 5.32 Å². The van der Waals surface area contributed by atoms with E-state index in [9.17, 15) is 20.1 Å². The molecule has 0 unspecified atom stereocenters. The van der Waals surface area contributed by atoms with E-state index in [1.54, 1.807) is 0 Å². The molecule has 1 aliphatic heterocycles. The third-order valence-corrected chi connectivity index (χ3v) is 3.11. The zero-order valence-electron chi connectivity index (χ0n) is 9.31. The van der Waals surface area contributed by atoms with Crippen molar-refractivity contribution < 1.29 is 20.1 Å². The highest BCUT2D eigenvalue weighted by Gasteiger charge is 2.26. The summed E-state index contributed by atoms with van der Waals surface area (Å²) in [5, 5.41) is 31.3. The lowest BCUT2D eigenvalue weighted by Crippen LogP contribution is -2.31. The second-order valence-corrected chi connectivity index (χ2v) is 4.22. The molecule has 5 heteroatoms. The summed E-state index contributed by atoms with van der Waals surface area (Å²) in [7, 11) is 0. The maximum atomic E-state index is 12.1. The van der Waals surface area contributed by atoms with Gasteiger partial charge < -0.3 is 20.6 Å². The fourth-order valence-electron chi connectivity index (χ4n) is 2.07. The number of phenolic OH excluding ortho intramolecular Hbond substituents is 3. The van der Waals surface area contributed by atoms with Crippen LogP contribution in [-0.2, 0) is 0 Å². The summed E-state index contributed by atoms with van der Waals surface area (Å²) in [6.07, 6.45) is 1.44. The summed E-state index contributed by atoms with van der Waals surface area (Å²) in [5.41, 5.74) is 0.0761. The summed E-state index contributed by atoms with van der Waals surface area (Å²) in [6.45, 7) is 1.56. The molecule has 1 aromatic rings. The van der Waals surface area contributed by atoms with E-state index in [-0.39, 0.29) is 17.3 Å². The van der Waals surface area contributed by atoms with Crippen LogP contribution in [0.4, 0.5) is 0 Å². The summed E-state index contributed by atoms with van der Waals surface area (Å²) < 4.78 is 0. The summed E-state index contributed by atoms with van der Waals surface area (Å²) in [5.74, 6) is -1.91. The van der Waals surface area contributed by atoms with Crippen molar-refractivity contribution in [3.05, 3.63) is 17.7 Å². The minimum atomic E-state index is -0.634. The lowest BCUT2D eigenvalue weighted by atomic mass is 9.89. The zero-order chi connectivity index (χ0) is 12.4. The number of phenols is 3. The number of benzene rings is 1. The summed E-state index contributed by atoms with van der Waals surface area (Å²) in [6, 6.07) is 2.55. The molecule has 2 rings (SSSR count). The van der Waals surface area contributed by atoms with Gasteiger partial charge in [-0.2, -0.15) is 0 Å². The molecule has 17 heavy (non-hydrogen) atoms. The van der Waals surface area contributed by atoms with Gasteiger partial charge in [-0.3, -0.25) is 4.79 Å². The number of rotatable bonds is 2. The number of hydrogen-bond acceptors (Lipinski definition) is 5. The molecule has 0 bridgehead atoms. The van der Waals surface area contributed by atoms with Gasteiger partial charge in [0, 0.05) is 5.92 Å². The van der Waals surface area contributed by atoms with Gasteiger partial charge in [0.15, 0.2) is 17.3 Å². The average Bonchev–Trinajstić information content (AvgIpc) is 2.36. The highest BCUT2D eigenvalue weighted by molar-refractivity contribution is 6.01. The first-order valence-electron chi connectivity index (χ1n) is 5.60. The Morgan fingerprint density at radius 1 is 1.12 bits per heavy atom. The highest BCUT2D eigenvalue weighted by Crippen LogP contribution is 2.38. The Bertz CT molecular complexity index is 438. The molecule has 1 fully saturated rings. The Hall–Kier alpha value is -1.75. The van der Waals surface area contributed by atoms with Crippen LogP contribution in [0.15, 0.2) is 12.1 Å². The molecular weight excluding hydrogens is 222 g/mol. The number of piperidine rings is 1. The smallest absolute Gasteiger partial charge is 0.201 e. The topological polar surface area (TPSA) is 89.8 Å². The molecule has 92 valence electrons. The Morgan fingerprint density at radius 3 is 2.41 bits per heavy atom. The van der Waals surface area contributed by atoms with Gasteiger partial charge in [-0.1, -0.05) is 0 Å². The van der Waals surface area contributed by atoms with Crippen LogP contribution < -0.4 is 5.32 Å². The van der Waals surface area contributed by atoms with Crippen molar-refractivity contribution >= 4 is 5.78 Å². The van der Waals surface area contributed by atoms with E-state index in [1.165, 1.54) is 12.1 Å². The molecule has 1 aliphatic rings. The average molecular weight is 237 g/mol. The Balaban J connectivity index is 2.27. The molecule has 0 atom stereocenters.